The molecule has 2 atom stereocenters. The van der Waals surface area contributed by atoms with E-state index in [4.69, 9.17) is 5.73 Å². The van der Waals surface area contributed by atoms with Crippen molar-refractivity contribution in [1.82, 2.24) is 4.90 Å². The number of benzene rings is 1. The highest BCUT2D eigenvalue weighted by Gasteiger charge is 2.34. The van der Waals surface area contributed by atoms with Gasteiger partial charge in [-0.1, -0.05) is 19.9 Å². The van der Waals surface area contributed by atoms with E-state index in [0.29, 0.717) is 31.4 Å². The van der Waals surface area contributed by atoms with Gasteiger partial charge in [-0.25, -0.2) is 8.78 Å². The molecule has 1 aromatic rings. The SMILES string of the molecule is CC(C)CN1C(=O)CCCC(N)C1c1ccc(F)cc1F. The van der Waals surface area contributed by atoms with E-state index in [-0.39, 0.29) is 17.9 Å². The predicted octanol–water partition coefficient (Wildman–Crippen LogP) is 3.00. The lowest BCUT2D eigenvalue weighted by atomic mass is 9.95. The smallest absolute Gasteiger partial charge is 0.223 e. The third-order valence-electron chi connectivity index (χ3n) is 3.83. The van der Waals surface area contributed by atoms with E-state index in [9.17, 15) is 13.6 Å². The van der Waals surface area contributed by atoms with Gasteiger partial charge in [0.15, 0.2) is 0 Å². The second-order valence-electron chi connectivity index (χ2n) is 6.11. The lowest BCUT2D eigenvalue weighted by molar-refractivity contribution is -0.133. The molecule has 3 nitrogen and oxygen atoms in total. The van der Waals surface area contributed by atoms with Gasteiger partial charge >= 0.3 is 0 Å². The Balaban J connectivity index is 2.43. The molecule has 1 aliphatic rings. The predicted molar refractivity (Wildman–Crippen MR) is 77.5 cm³/mol. The first-order valence-corrected chi connectivity index (χ1v) is 7.40. The normalized spacial score (nSPS) is 23.5. The number of halogens is 2. The van der Waals surface area contributed by atoms with Gasteiger partial charge < -0.3 is 10.6 Å². The van der Waals surface area contributed by atoms with Gasteiger partial charge in [0, 0.05) is 30.6 Å². The Bertz CT molecular complexity index is 519. The number of rotatable bonds is 3. The van der Waals surface area contributed by atoms with Crippen LogP contribution < -0.4 is 5.73 Å². The van der Waals surface area contributed by atoms with Crippen LogP contribution in [0.4, 0.5) is 8.78 Å². The summed E-state index contributed by atoms with van der Waals surface area (Å²) in [7, 11) is 0. The molecule has 0 radical (unpaired) electrons. The average Bonchev–Trinajstić information content (AvgIpc) is 2.51. The molecule has 0 bridgehead atoms. The largest absolute Gasteiger partial charge is 0.334 e. The molecule has 1 heterocycles. The highest BCUT2D eigenvalue weighted by Crippen LogP contribution is 2.32. The Labute approximate surface area is 124 Å². The topological polar surface area (TPSA) is 46.3 Å². The molecule has 0 saturated carbocycles. The molecule has 21 heavy (non-hydrogen) atoms. The monoisotopic (exact) mass is 296 g/mol. The van der Waals surface area contributed by atoms with Crippen molar-refractivity contribution in [3.63, 3.8) is 0 Å². The summed E-state index contributed by atoms with van der Waals surface area (Å²) in [6.07, 6.45) is 1.79. The number of hydrogen-bond acceptors (Lipinski definition) is 2. The minimum absolute atomic E-state index is 0.00891. The van der Waals surface area contributed by atoms with Crippen LogP contribution in [0.25, 0.3) is 0 Å². The number of amides is 1. The summed E-state index contributed by atoms with van der Waals surface area (Å²) in [5, 5.41) is 0. The molecule has 1 amide bonds. The van der Waals surface area contributed by atoms with Gasteiger partial charge in [-0.15, -0.1) is 0 Å². The quantitative estimate of drug-likeness (QED) is 0.932. The van der Waals surface area contributed by atoms with Crippen LogP contribution in [-0.2, 0) is 4.79 Å². The molecule has 116 valence electrons. The first-order chi connectivity index (χ1) is 9.90. The average molecular weight is 296 g/mol. The van der Waals surface area contributed by atoms with Crippen LogP contribution in [0.5, 0.6) is 0 Å². The first-order valence-electron chi connectivity index (χ1n) is 7.40. The van der Waals surface area contributed by atoms with Crippen LogP contribution in [0.2, 0.25) is 0 Å². The minimum atomic E-state index is -0.640. The van der Waals surface area contributed by atoms with Gasteiger partial charge in [-0.3, -0.25) is 4.79 Å². The van der Waals surface area contributed by atoms with Gasteiger partial charge in [0.25, 0.3) is 0 Å². The van der Waals surface area contributed by atoms with Crippen molar-refractivity contribution in [2.45, 2.75) is 45.2 Å². The van der Waals surface area contributed by atoms with Crippen LogP contribution in [0.1, 0.15) is 44.7 Å². The van der Waals surface area contributed by atoms with E-state index in [0.717, 1.165) is 6.07 Å². The number of carbonyl (C=O) groups excluding carboxylic acids is 1. The van der Waals surface area contributed by atoms with Crippen molar-refractivity contribution in [2.24, 2.45) is 11.7 Å². The van der Waals surface area contributed by atoms with Gasteiger partial charge in [-0.05, 0) is 24.8 Å². The summed E-state index contributed by atoms with van der Waals surface area (Å²) in [4.78, 5) is 14.0. The summed E-state index contributed by atoms with van der Waals surface area (Å²) in [6, 6.07) is 2.61. The van der Waals surface area contributed by atoms with E-state index in [1.165, 1.54) is 12.1 Å². The lowest BCUT2D eigenvalue weighted by Gasteiger charge is -2.35. The fourth-order valence-electron chi connectivity index (χ4n) is 2.93. The third kappa shape index (κ3) is 3.59. The lowest BCUT2D eigenvalue weighted by Crippen LogP contribution is -2.44. The number of hydrogen-bond donors (Lipinski definition) is 1. The first kappa shape index (κ1) is 15.9. The van der Waals surface area contributed by atoms with Gasteiger partial charge in [-0.2, -0.15) is 0 Å². The number of nitrogens with two attached hydrogens (primary N) is 1. The van der Waals surface area contributed by atoms with Gasteiger partial charge in [0.1, 0.15) is 11.6 Å². The maximum absolute atomic E-state index is 14.1. The Kier molecular flexibility index (Phi) is 4.93. The molecule has 0 aliphatic carbocycles. The van der Waals surface area contributed by atoms with Crippen LogP contribution in [0, 0.1) is 17.6 Å². The van der Waals surface area contributed by atoms with E-state index in [1.807, 2.05) is 13.8 Å². The zero-order valence-corrected chi connectivity index (χ0v) is 12.5. The molecule has 2 rings (SSSR count). The van der Waals surface area contributed by atoms with Crippen molar-refractivity contribution in [3.8, 4) is 0 Å². The van der Waals surface area contributed by atoms with Crippen molar-refractivity contribution in [1.29, 1.82) is 0 Å². The molecule has 0 aromatic heterocycles. The number of likely N-dealkylation sites (tertiary alicyclic amines) is 1. The highest BCUT2D eigenvalue weighted by molar-refractivity contribution is 5.77. The van der Waals surface area contributed by atoms with E-state index >= 15 is 0 Å². The van der Waals surface area contributed by atoms with Crippen molar-refractivity contribution in [3.05, 3.63) is 35.4 Å². The fraction of sp³-hybridized carbons (Fsp3) is 0.562. The Morgan fingerprint density at radius 2 is 2.10 bits per heavy atom. The van der Waals surface area contributed by atoms with Crippen molar-refractivity contribution in [2.75, 3.05) is 6.54 Å². The zero-order valence-electron chi connectivity index (χ0n) is 12.5. The van der Waals surface area contributed by atoms with Crippen molar-refractivity contribution >= 4 is 5.91 Å². The molecular formula is C16H22F2N2O. The summed E-state index contributed by atoms with van der Waals surface area (Å²) in [6.45, 7) is 4.53. The molecule has 5 heteroatoms. The molecular weight excluding hydrogens is 274 g/mol. The molecule has 0 spiro atoms. The zero-order chi connectivity index (χ0) is 15.6. The van der Waals surface area contributed by atoms with Crippen LogP contribution in [0.3, 0.4) is 0 Å². The summed E-state index contributed by atoms with van der Waals surface area (Å²) in [5.41, 5.74) is 6.50. The molecule has 2 unspecified atom stereocenters. The maximum Gasteiger partial charge on any atom is 0.223 e. The number of carbonyl (C=O) groups is 1. The van der Waals surface area contributed by atoms with Crippen molar-refractivity contribution < 1.29 is 13.6 Å². The third-order valence-corrected chi connectivity index (χ3v) is 3.83. The van der Waals surface area contributed by atoms with Crippen LogP contribution in [0.15, 0.2) is 18.2 Å². The van der Waals surface area contributed by atoms with Crippen LogP contribution >= 0.6 is 0 Å². The molecule has 1 aromatic carbocycles. The Morgan fingerprint density at radius 3 is 2.71 bits per heavy atom. The molecule has 1 aliphatic heterocycles. The Morgan fingerprint density at radius 1 is 1.38 bits per heavy atom. The van der Waals surface area contributed by atoms with Gasteiger partial charge in [0.2, 0.25) is 5.91 Å². The number of nitrogens with zero attached hydrogens (tertiary/aromatic N) is 1. The van der Waals surface area contributed by atoms with E-state index in [1.54, 1.807) is 4.90 Å². The highest BCUT2D eigenvalue weighted by atomic mass is 19.1. The summed E-state index contributed by atoms with van der Waals surface area (Å²) < 4.78 is 27.3. The standard InChI is InChI=1S/C16H22F2N2O/c1-10(2)9-20-15(21)5-3-4-14(19)16(20)12-7-6-11(17)8-13(12)18/h6-8,10,14,16H,3-5,9,19H2,1-2H3. The second-order valence-corrected chi connectivity index (χ2v) is 6.11. The van der Waals surface area contributed by atoms with E-state index < -0.39 is 17.7 Å². The summed E-state index contributed by atoms with van der Waals surface area (Å²) in [5.74, 6) is -1.02. The molecule has 1 fully saturated rings. The van der Waals surface area contributed by atoms with Crippen LogP contribution in [-0.4, -0.2) is 23.4 Å². The summed E-state index contributed by atoms with van der Waals surface area (Å²) >= 11 is 0. The molecule has 1 saturated heterocycles. The van der Waals surface area contributed by atoms with E-state index in [2.05, 4.69) is 0 Å². The molecule has 2 N–H and O–H groups in total. The maximum atomic E-state index is 14.1. The van der Waals surface area contributed by atoms with Gasteiger partial charge in [0.05, 0.1) is 6.04 Å². The Hall–Kier alpha value is -1.49. The minimum Gasteiger partial charge on any atom is -0.334 e. The second kappa shape index (κ2) is 6.52. The fourth-order valence-corrected chi connectivity index (χ4v) is 2.93.